The van der Waals surface area contributed by atoms with Crippen LogP contribution in [0.1, 0.15) is 44.6 Å². The van der Waals surface area contributed by atoms with E-state index in [1.54, 1.807) is 6.07 Å². The van der Waals surface area contributed by atoms with Crippen LogP contribution < -0.4 is 0 Å². The molecule has 0 saturated heterocycles. The number of allylic oxidation sites excluding steroid dienone is 5. The summed E-state index contributed by atoms with van der Waals surface area (Å²) in [5.74, 6) is -0.666. The van der Waals surface area contributed by atoms with E-state index in [1.165, 1.54) is 31.4 Å². The van der Waals surface area contributed by atoms with Gasteiger partial charge in [0.05, 0.1) is 11.8 Å². The second kappa shape index (κ2) is 7.05. The molecule has 1 heterocycles. The molecule has 1 aromatic rings. The van der Waals surface area contributed by atoms with Crippen molar-refractivity contribution < 1.29 is 23.5 Å². The number of carbonyl (C=O) groups excluding carboxylic acids is 3. The normalized spacial score (nSPS) is 15.2. The molecule has 1 aromatic heterocycles. The van der Waals surface area contributed by atoms with Crippen LogP contribution in [-0.4, -0.2) is 17.5 Å². The van der Waals surface area contributed by atoms with Crippen LogP contribution in [0.5, 0.6) is 0 Å². The molecule has 5 heteroatoms. The van der Waals surface area contributed by atoms with Crippen LogP contribution in [0.4, 0.5) is 0 Å². The number of carbonyl (C=O) groups is 3. The van der Waals surface area contributed by atoms with E-state index in [0.717, 1.165) is 5.57 Å². The molecule has 0 spiro atoms. The van der Waals surface area contributed by atoms with E-state index in [2.05, 4.69) is 0 Å². The predicted molar refractivity (Wildman–Crippen MR) is 84.4 cm³/mol. The topological polar surface area (TPSA) is 73.6 Å². The lowest BCUT2D eigenvalue weighted by atomic mass is 10.0. The van der Waals surface area contributed by atoms with E-state index in [1.807, 2.05) is 19.9 Å². The fraction of sp³-hybridized carbons (Fsp3) is 0.278. The smallest absolute Gasteiger partial charge is 0.303 e. The Morgan fingerprint density at radius 1 is 1.26 bits per heavy atom. The zero-order chi connectivity index (χ0) is 17.0. The Kier molecular flexibility index (Phi) is 5.11. The summed E-state index contributed by atoms with van der Waals surface area (Å²) in [5.41, 5.74) is 1.95. The van der Waals surface area contributed by atoms with Gasteiger partial charge in [-0.3, -0.25) is 14.4 Å². The molecular formula is C18H18O5. The van der Waals surface area contributed by atoms with Gasteiger partial charge >= 0.3 is 5.97 Å². The highest BCUT2D eigenvalue weighted by atomic mass is 16.5. The molecule has 0 aliphatic heterocycles. The molecule has 0 N–H and O–H groups in total. The number of furan rings is 1. The van der Waals surface area contributed by atoms with Crippen LogP contribution in [0.2, 0.25) is 0 Å². The van der Waals surface area contributed by atoms with Crippen LogP contribution in [0.15, 0.2) is 46.6 Å². The number of hydrogen-bond donors (Lipinski definition) is 0. The zero-order valence-electron chi connectivity index (χ0n) is 13.3. The summed E-state index contributed by atoms with van der Waals surface area (Å²) in [4.78, 5) is 34.6. The highest BCUT2D eigenvalue weighted by Gasteiger charge is 2.22. The fourth-order valence-corrected chi connectivity index (χ4v) is 2.16. The lowest BCUT2D eigenvalue weighted by Crippen LogP contribution is -2.08. The van der Waals surface area contributed by atoms with Gasteiger partial charge in [0.2, 0.25) is 0 Å². The third-order valence-corrected chi connectivity index (χ3v) is 3.26. The van der Waals surface area contributed by atoms with Gasteiger partial charge in [-0.1, -0.05) is 11.6 Å². The maximum absolute atomic E-state index is 11.9. The van der Waals surface area contributed by atoms with Gasteiger partial charge in [-0.2, -0.15) is 0 Å². The van der Waals surface area contributed by atoms with E-state index < -0.39 is 12.1 Å². The largest absolute Gasteiger partial charge is 0.464 e. The number of hydrogen-bond acceptors (Lipinski definition) is 5. The van der Waals surface area contributed by atoms with Gasteiger partial charge in [-0.05, 0) is 32.1 Å². The van der Waals surface area contributed by atoms with Crippen LogP contribution in [0.25, 0.3) is 5.57 Å². The predicted octanol–water partition coefficient (Wildman–Crippen LogP) is 3.33. The van der Waals surface area contributed by atoms with Gasteiger partial charge in [-0.25, -0.2) is 0 Å². The summed E-state index contributed by atoms with van der Waals surface area (Å²) in [6.45, 7) is 5.25. The van der Waals surface area contributed by atoms with Crippen LogP contribution in [0.3, 0.4) is 0 Å². The van der Waals surface area contributed by atoms with Crippen molar-refractivity contribution in [3.63, 3.8) is 0 Å². The maximum atomic E-state index is 11.9. The lowest BCUT2D eigenvalue weighted by Gasteiger charge is -2.13. The van der Waals surface area contributed by atoms with Gasteiger partial charge in [-0.15, -0.1) is 0 Å². The van der Waals surface area contributed by atoms with Crippen molar-refractivity contribution in [2.24, 2.45) is 0 Å². The molecule has 0 saturated carbocycles. The molecule has 0 fully saturated rings. The van der Waals surface area contributed by atoms with E-state index in [9.17, 15) is 14.4 Å². The quantitative estimate of drug-likeness (QED) is 0.473. The van der Waals surface area contributed by atoms with Crippen molar-refractivity contribution in [2.75, 3.05) is 0 Å². The second-order valence-electron chi connectivity index (χ2n) is 5.52. The van der Waals surface area contributed by atoms with Gasteiger partial charge in [0, 0.05) is 25.0 Å². The molecule has 0 radical (unpaired) electrons. The molecule has 0 bridgehead atoms. The maximum Gasteiger partial charge on any atom is 0.303 e. The molecule has 5 nitrogen and oxygen atoms in total. The van der Waals surface area contributed by atoms with Gasteiger partial charge < -0.3 is 9.15 Å². The van der Waals surface area contributed by atoms with Crippen molar-refractivity contribution in [3.8, 4) is 0 Å². The molecular weight excluding hydrogens is 296 g/mol. The summed E-state index contributed by atoms with van der Waals surface area (Å²) in [5, 5.41) is 0. The van der Waals surface area contributed by atoms with E-state index >= 15 is 0 Å². The van der Waals surface area contributed by atoms with Gasteiger partial charge in [0.15, 0.2) is 11.6 Å². The average molecular weight is 314 g/mol. The van der Waals surface area contributed by atoms with Crippen molar-refractivity contribution in [1.82, 2.24) is 0 Å². The Bertz CT molecular complexity index is 726. The van der Waals surface area contributed by atoms with Crippen LogP contribution in [0, 0.1) is 0 Å². The number of ketones is 2. The van der Waals surface area contributed by atoms with Gasteiger partial charge in [0.1, 0.15) is 11.9 Å². The lowest BCUT2D eigenvalue weighted by molar-refractivity contribution is -0.146. The van der Waals surface area contributed by atoms with E-state index in [4.69, 9.17) is 9.15 Å². The van der Waals surface area contributed by atoms with Crippen molar-refractivity contribution in [2.45, 2.75) is 33.3 Å². The Labute approximate surface area is 134 Å². The summed E-state index contributed by atoms with van der Waals surface area (Å²) < 4.78 is 10.7. The summed E-state index contributed by atoms with van der Waals surface area (Å²) >= 11 is 0. The van der Waals surface area contributed by atoms with Crippen molar-refractivity contribution in [1.29, 1.82) is 0 Å². The SMILES string of the molecule is CC(=O)O[C@@H](CC=C(C)C)c1coc(C2=CC(=O)C=CC2=O)c1. The molecule has 2 rings (SSSR count). The number of esters is 1. The van der Waals surface area contributed by atoms with Crippen LogP contribution >= 0.6 is 0 Å². The molecule has 1 aliphatic carbocycles. The molecule has 0 unspecified atom stereocenters. The van der Waals surface area contributed by atoms with Gasteiger partial charge in [0.25, 0.3) is 0 Å². The standard InChI is InChI=1S/C18H18O5/c1-11(2)4-7-17(23-12(3)19)13-8-18(22-10-13)15-9-14(20)5-6-16(15)21/h4-6,8-10,17H,7H2,1-3H3/t17-/m0/s1. The minimum absolute atomic E-state index is 0.201. The Morgan fingerprint density at radius 3 is 2.65 bits per heavy atom. The number of ether oxygens (including phenoxy) is 1. The van der Waals surface area contributed by atoms with Crippen molar-refractivity contribution >= 4 is 23.1 Å². The first kappa shape index (κ1) is 16.7. The van der Waals surface area contributed by atoms with Crippen molar-refractivity contribution in [3.05, 3.63) is 53.5 Å². The number of rotatable bonds is 5. The molecule has 120 valence electrons. The molecule has 23 heavy (non-hydrogen) atoms. The summed E-state index contributed by atoms with van der Waals surface area (Å²) in [6.07, 6.45) is 7.08. The first-order valence-electron chi connectivity index (χ1n) is 7.24. The van der Waals surface area contributed by atoms with E-state index in [-0.39, 0.29) is 22.9 Å². The molecule has 0 aromatic carbocycles. The first-order chi connectivity index (χ1) is 10.9. The van der Waals surface area contributed by atoms with E-state index in [0.29, 0.717) is 12.0 Å². The average Bonchev–Trinajstić information content (AvgIpc) is 2.95. The second-order valence-corrected chi connectivity index (χ2v) is 5.52. The molecule has 1 aliphatic rings. The van der Waals surface area contributed by atoms with Crippen LogP contribution in [-0.2, 0) is 19.1 Å². The Balaban J connectivity index is 2.27. The summed E-state index contributed by atoms with van der Waals surface area (Å²) in [6, 6.07) is 1.63. The minimum Gasteiger partial charge on any atom is -0.464 e. The Morgan fingerprint density at radius 2 is 2.00 bits per heavy atom. The Hall–Kier alpha value is -2.69. The monoisotopic (exact) mass is 314 g/mol. The fourth-order valence-electron chi connectivity index (χ4n) is 2.16. The highest BCUT2D eigenvalue weighted by molar-refractivity contribution is 6.33. The highest BCUT2D eigenvalue weighted by Crippen LogP contribution is 2.29. The minimum atomic E-state index is -0.495. The molecule has 1 atom stereocenters. The molecule has 0 amide bonds. The zero-order valence-corrected chi connectivity index (χ0v) is 13.3. The third-order valence-electron chi connectivity index (χ3n) is 3.26. The summed E-state index contributed by atoms with van der Waals surface area (Å²) in [7, 11) is 0. The third kappa shape index (κ3) is 4.39. The first-order valence-corrected chi connectivity index (χ1v) is 7.24.